The van der Waals surface area contributed by atoms with Gasteiger partial charge in [-0.25, -0.2) is 0 Å². The Bertz CT molecular complexity index is 574. The highest BCUT2D eigenvalue weighted by Gasteiger charge is 2.38. The Labute approximate surface area is 113 Å². The fourth-order valence-corrected chi connectivity index (χ4v) is 1.58. The molecule has 0 saturated carbocycles. The van der Waals surface area contributed by atoms with Gasteiger partial charge < -0.3 is 4.90 Å². The highest BCUT2D eigenvalue weighted by atomic mass is 19.4. The van der Waals surface area contributed by atoms with Crippen molar-refractivity contribution in [3.8, 4) is 6.07 Å². The summed E-state index contributed by atoms with van der Waals surface area (Å²) in [5.41, 5.74) is -1.83. The number of Topliss-reactive ketones (excluding diaryl/α,β-unsaturated/α-hetero) is 1. The van der Waals surface area contributed by atoms with Crippen LogP contribution in [0.2, 0.25) is 0 Å². The lowest BCUT2D eigenvalue weighted by Crippen LogP contribution is -2.34. The summed E-state index contributed by atoms with van der Waals surface area (Å²) in [6.45, 7) is 0. The van der Waals surface area contributed by atoms with Crippen LogP contribution in [0.5, 0.6) is 0 Å². The van der Waals surface area contributed by atoms with Crippen LogP contribution in [0.25, 0.3) is 0 Å². The molecule has 0 aliphatic heterocycles. The van der Waals surface area contributed by atoms with Crippen molar-refractivity contribution in [2.75, 3.05) is 14.1 Å². The zero-order chi connectivity index (χ0) is 15.5. The number of amides is 1. The van der Waals surface area contributed by atoms with Gasteiger partial charge in [0.05, 0.1) is 11.6 Å². The first-order valence-corrected chi connectivity index (χ1v) is 5.51. The van der Waals surface area contributed by atoms with Gasteiger partial charge in [-0.05, 0) is 6.07 Å². The lowest BCUT2D eigenvalue weighted by atomic mass is 9.94. The standard InChI is InChI=1S/C13H11F3N2O2/c1-18(2)12(20)9(7-17)11(19)8-5-3-4-6-10(8)13(14,15)16/h3-6,9H,1-2H3. The van der Waals surface area contributed by atoms with Crippen LogP contribution in [-0.4, -0.2) is 30.7 Å². The maximum Gasteiger partial charge on any atom is 0.417 e. The number of carbonyl (C=O) groups excluding carboxylic acids is 2. The van der Waals surface area contributed by atoms with E-state index in [2.05, 4.69) is 0 Å². The van der Waals surface area contributed by atoms with Crippen molar-refractivity contribution in [2.45, 2.75) is 6.18 Å². The molecule has 7 heteroatoms. The molecule has 0 aliphatic rings. The van der Waals surface area contributed by atoms with Gasteiger partial charge in [0.2, 0.25) is 5.91 Å². The van der Waals surface area contributed by atoms with E-state index in [9.17, 15) is 22.8 Å². The first-order valence-electron chi connectivity index (χ1n) is 5.51. The molecule has 1 unspecified atom stereocenters. The second-order valence-corrected chi connectivity index (χ2v) is 4.20. The van der Waals surface area contributed by atoms with E-state index in [0.29, 0.717) is 0 Å². The summed E-state index contributed by atoms with van der Waals surface area (Å²) in [5, 5.41) is 8.87. The third kappa shape index (κ3) is 3.15. The minimum Gasteiger partial charge on any atom is -0.347 e. The van der Waals surface area contributed by atoms with Gasteiger partial charge in [-0.3, -0.25) is 9.59 Å². The molecule has 0 spiro atoms. The molecule has 106 valence electrons. The van der Waals surface area contributed by atoms with Crippen LogP contribution in [0.15, 0.2) is 24.3 Å². The molecule has 20 heavy (non-hydrogen) atoms. The van der Waals surface area contributed by atoms with Gasteiger partial charge in [-0.2, -0.15) is 18.4 Å². The zero-order valence-corrected chi connectivity index (χ0v) is 10.7. The van der Waals surface area contributed by atoms with Crippen molar-refractivity contribution in [3.63, 3.8) is 0 Å². The molecule has 0 saturated heterocycles. The van der Waals surface area contributed by atoms with E-state index >= 15 is 0 Å². The molecule has 0 N–H and O–H groups in total. The van der Waals surface area contributed by atoms with Crippen LogP contribution in [0.1, 0.15) is 15.9 Å². The fourth-order valence-electron chi connectivity index (χ4n) is 1.58. The molecule has 1 rings (SSSR count). The second-order valence-electron chi connectivity index (χ2n) is 4.20. The number of ketones is 1. The average molecular weight is 284 g/mol. The highest BCUT2D eigenvalue weighted by Crippen LogP contribution is 2.32. The number of hydrogen-bond acceptors (Lipinski definition) is 3. The van der Waals surface area contributed by atoms with Crippen LogP contribution in [-0.2, 0) is 11.0 Å². The topological polar surface area (TPSA) is 61.2 Å². The number of rotatable bonds is 3. The maximum absolute atomic E-state index is 12.8. The summed E-state index contributed by atoms with van der Waals surface area (Å²) in [6.07, 6.45) is -4.73. The maximum atomic E-state index is 12.8. The van der Waals surface area contributed by atoms with Gasteiger partial charge in [-0.15, -0.1) is 0 Å². The summed E-state index contributed by atoms with van der Waals surface area (Å²) >= 11 is 0. The number of hydrogen-bond donors (Lipinski definition) is 0. The van der Waals surface area contributed by atoms with E-state index in [-0.39, 0.29) is 0 Å². The molecule has 0 heterocycles. The van der Waals surface area contributed by atoms with Crippen molar-refractivity contribution in [1.82, 2.24) is 4.90 Å². The van der Waals surface area contributed by atoms with Crippen molar-refractivity contribution >= 4 is 11.7 Å². The molecular formula is C13H11F3N2O2. The summed E-state index contributed by atoms with van der Waals surface area (Å²) in [5.74, 6) is -3.79. The number of carbonyl (C=O) groups is 2. The molecule has 1 amide bonds. The summed E-state index contributed by atoms with van der Waals surface area (Å²) in [6, 6.07) is 5.53. The first kappa shape index (κ1) is 15.7. The number of halogens is 3. The fraction of sp³-hybridized carbons (Fsp3) is 0.308. The minimum atomic E-state index is -4.73. The Morgan fingerprint density at radius 3 is 2.25 bits per heavy atom. The minimum absolute atomic E-state index is 0.679. The molecule has 0 radical (unpaired) electrons. The van der Waals surface area contributed by atoms with E-state index in [1.807, 2.05) is 0 Å². The normalized spacial score (nSPS) is 12.4. The zero-order valence-electron chi connectivity index (χ0n) is 10.7. The van der Waals surface area contributed by atoms with E-state index in [1.165, 1.54) is 26.2 Å². The van der Waals surface area contributed by atoms with Gasteiger partial charge in [0.1, 0.15) is 0 Å². The van der Waals surface area contributed by atoms with Crippen LogP contribution in [0.4, 0.5) is 13.2 Å². The third-order valence-corrected chi connectivity index (χ3v) is 2.58. The van der Waals surface area contributed by atoms with Crippen molar-refractivity contribution < 1.29 is 22.8 Å². The molecule has 1 aromatic rings. The second kappa shape index (κ2) is 5.74. The predicted molar refractivity (Wildman–Crippen MR) is 63.6 cm³/mol. The molecule has 1 atom stereocenters. The molecule has 1 aromatic carbocycles. The average Bonchev–Trinajstić information content (AvgIpc) is 2.38. The van der Waals surface area contributed by atoms with Crippen LogP contribution >= 0.6 is 0 Å². The van der Waals surface area contributed by atoms with Gasteiger partial charge in [0.25, 0.3) is 0 Å². The number of nitriles is 1. The van der Waals surface area contributed by atoms with E-state index in [1.54, 1.807) is 0 Å². The van der Waals surface area contributed by atoms with E-state index in [4.69, 9.17) is 5.26 Å². The van der Waals surface area contributed by atoms with Crippen molar-refractivity contribution in [3.05, 3.63) is 35.4 Å². The summed E-state index contributed by atoms with van der Waals surface area (Å²) in [4.78, 5) is 24.7. The molecule has 0 aliphatic carbocycles. The Morgan fingerprint density at radius 1 is 1.25 bits per heavy atom. The van der Waals surface area contributed by atoms with Crippen LogP contribution < -0.4 is 0 Å². The van der Waals surface area contributed by atoms with E-state index in [0.717, 1.165) is 23.1 Å². The Morgan fingerprint density at radius 2 is 1.80 bits per heavy atom. The number of alkyl halides is 3. The Kier molecular flexibility index (Phi) is 4.50. The first-order chi connectivity index (χ1) is 9.20. The monoisotopic (exact) mass is 284 g/mol. The molecule has 0 bridgehead atoms. The lowest BCUT2D eigenvalue weighted by molar-refractivity contribution is -0.138. The van der Waals surface area contributed by atoms with Crippen molar-refractivity contribution in [1.29, 1.82) is 5.26 Å². The highest BCUT2D eigenvalue weighted by molar-refractivity contribution is 6.12. The molecule has 0 aromatic heterocycles. The number of benzene rings is 1. The third-order valence-electron chi connectivity index (χ3n) is 2.58. The predicted octanol–water partition coefficient (Wildman–Crippen LogP) is 2.12. The molecular weight excluding hydrogens is 273 g/mol. The SMILES string of the molecule is CN(C)C(=O)C(C#N)C(=O)c1ccccc1C(F)(F)F. The van der Waals surface area contributed by atoms with E-state index < -0.39 is 34.9 Å². The van der Waals surface area contributed by atoms with Crippen molar-refractivity contribution in [2.24, 2.45) is 5.92 Å². The smallest absolute Gasteiger partial charge is 0.347 e. The summed E-state index contributed by atoms with van der Waals surface area (Å²) < 4.78 is 38.4. The molecule has 0 fully saturated rings. The lowest BCUT2D eigenvalue weighted by Gasteiger charge is -2.16. The quantitative estimate of drug-likeness (QED) is 0.631. The Hall–Kier alpha value is -2.36. The van der Waals surface area contributed by atoms with Gasteiger partial charge >= 0.3 is 6.18 Å². The van der Waals surface area contributed by atoms with Gasteiger partial charge in [-0.1, -0.05) is 18.2 Å². The van der Waals surface area contributed by atoms with Crippen LogP contribution in [0.3, 0.4) is 0 Å². The van der Waals surface area contributed by atoms with Gasteiger partial charge in [0.15, 0.2) is 11.7 Å². The van der Waals surface area contributed by atoms with Gasteiger partial charge in [0, 0.05) is 19.7 Å². The van der Waals surface area contributed by atoms with Crippen LogP contribution in [0, 0.1) is 17.2 Å². The molecule has 4 nitrogen and oxygen atoms in total. The summed E-state index contributed by atoms with van der Waals surface area (Å²) in [7, 11) is 2.63. The largest absolute Gasteiger partial charge is 0.417 e. The Balaban J connectivity index is 3.29. The number of nitrogens with zero attached hydrogens (tertiary/aromatic N) is 2.